The molecule has 0 bridgehead atoms. The molecule has 5 nitrogen and oxygen atoms in total. The average molecular weight is 386 g/mol. The van der Waals surface area contributed by atoms with E-state index in [9.17, 15) is 9.59 Å². The Morgan fingerprint density at radius 2 is 1.58 bits per heavy atom. The number of benzene rings is 2. The van der Waals surface area contributed by atoms with Gasteiger partial charge in [-0.25, -0.2) is 4.98 Å². The number of anilines is 2. The molecule has 1 heterocycles. The highest BCUT2D eigenvalue weighted by molar-refractivity contribution is 6.30. The van der Waals surface area contributed by atoms with E-state index < -0.39 is 0 Å². The monoisotopic (exact) mass is 385 g/mol. The predicted octanol–water partition coefficient (Wildman–Crippen LogP) is 4.89. The van der Waals surface area contributed by atoms with E-state index in [1.165, 1.54) is 18.3 Å². The molecule has 26 heavy (non-hydrogen) atoms. The van der Waals surface area contributed by atoms with Gasteiger partial charge in [-0.2, -0.15) is 0 Å². The second-order valence-corrected chi connectivity index (χ2v) is 6.15. The number of halogens is 2. The van der Waals surface area contributed by atoms with Gasteiger partial charge in [0.2, 0.25) is 0 Å². The summed E-state index contributed by atoms with van der Waals surface area (Å²) in [6.07, 6.45) is 1.44. The lowest BCUT2D eigenvalue weighted by Crippen LogP contribution is -2.18. The number of nitrogens with one attached hydrogen (secondary N) is 2. The summed E-state index contributed by atoms with van der Waals surface area (Å²) in [6.45, 7) is 0. The van der Waals surface area contributed by atoms with Crippen molar-refractivity contribution in [1.82, 2.24) is 4.98 Å². The molecule has 0 aliphatic rings. The Balaban J connectivity index is 1.80. The molecule has 3 rings (SSSR count). The van der Waals surface area contributed by atoms with Crippen molar-refractivity contribution in [2.24, 2.45) is 0 Å². The van der Waals surface area contributed by atoms with Crippen LogP contribution in [0, 0.1) is 0 Å². The molecule has 0 saturated carbocycles. The number of hydrogen-bond donors (Lipinski definition) is 2. The first-order chi connectivity index (χ1) is 12.5. The normalized spacial score (nSPS) is 10.2. The maximum absolute atomic E-state index is 12.6. The van der Waals surface area contributed by atoms with Crippen LogP contribution in [0.4, 0.5) is 11.4 Å². The highest BCUT2D eigenvalue weighted by Gasteiger charge is 2.14. The smallest absolute Gasteiger partial charge is 0.257 e. The van der Waals surface area contributed by atoms with Crippen molar-refractivity contribution >= 4 is 46.4 Å². The van der Waals surface area contributed by atoms with E-state index in [0.29, 0.717) is 27.5 Å². The van der Waals surface area contributed by atoms with Gasteiger partial charge in [0.1, 0.15) is 5.15 Å². The van der Waals surface area contributed by atoms with Crippen molar-refractivity contribution in [3.63, 3.8) is 0 Å². The number of hydrogen-bond acceptors (Lipinski definition) is 3. The van der Waals surface area contributed by atoms with Gasteiger partial charge < -0.3 is 10.6 Å². The summed E-state index contributed by atoms with van der Waals surface area (Å²) in [5.74, 6) is -0.739. The molecule has 3 aromatic rings. The van der Waals surface area contributed by atoms with E-state index in [2.05, 4.69) is 15.6 Å². The first-order valence-corrected chi connectivity index (χ1v) is 8.37. The second kappa shape index (κ2) is 7.99. The second-order valence-electron chi connectivity index (χ2n) is 5.33. The number of aromatic nitrogens is 1. The topological polar surface area (TPSA) is 71.1 Å². The minimum Gasteiger partial charge on any atom is -0.322 e. The van der Waals surface area contributed by atoms with Gasteiger partial charge in [-0.15, -0.1) is 0 Å². The van der Waals surface area contributed by atoms with Crippen LogP contribution in [0.2, 0.25) is 10.2 Å². The molecule has 0 fully saturated rings. The molecule has 2 N–H and O–H groups in total. The summed E-state index contributed by atoms with van der Waals surface area (Å²) in [7, 11) is 0. The van der Waals surface area contributed by atoms with Crippen LogP contribution in [0.25, 0.3) is 0 Å². The minimum atomic E-state index is -0.388. The van der Waals surface area contributed by atoms with E-state index in [-0.39, 0.29) is 17.0 Å². The van der Waals surface area contributed by atoms with Crippen molar-refractivity contribution in [3.8, 4) is 0 Å². The lowest BCUT2D eigenvalue weighted by molar-refractivity contribution is 0.102. The molecule has 0 saturated heterocycles. The minimum absolute atomic E-state index is 0.214. The van der Waals surface area contributed by atoms with Gasteiger partial charge in [0.05, 0.1) is 11.3 Å². The molecule has 0 aliphatic carbocycles. The molecule has 2 aromatic carbocycles. The third kappa shape index (κ3) is 4.39. The summed E-state index contributed by atoms with van der Waals surface area (Å²) in [6, 6.07) is 16.5. The number of amides is 2. The largest absolute Gasteiger partial charge is 0.322 e. The summed E-state index contributed by atoms with van der Waals surface area (Å²) in [4.78, 5) is 28.8. The maximum atomic E-state index is 12.6. The molecule has 0 aliphatic heterocycles. The van der Waals surface area contributed by atoms with Gasteiger partial charge in [-0.05, 0) is 48.5 Å². The zero-order chi connectivity index (χ0) is 18.5. The fourth-order valence-corrected chi connectivity index (χ4v) is 2.56. The molecule has 0 spiro atoms. The van der Waals surface area contributed by atoms with Crippen molar-refractivity contribution in [1.29, 1.82) is 0 Å². The van der Waals surface area contributed by atoms with Crippen LogP contribution >= 0.6 is 23.2 Å². The van der Waals surface area contributed by atoms with Gasteiger partial charge in [-0.3, -0.25) is 9.59 Å². The molecule has 0 unspecified atom stereocenters. The van der Waals surface area contributed by atoms with Crippen LogP contribution in [0.5, 0.6) is 0 Å². The van der Waals surface area contributed by atoms with Gasteiger partial charge in [0.15, 0.2) is 0 Å². The number of carbonyl (C=O) groups is 2. The SMILES string of the molecule is O=C(Nc1ccccc1C(=O)Nc1ccc(Cl)cc1)c1ccnc(Cl)c1. The van der Waals surface area contributed by atoms with Crippen LogP contribution in [0.3, 0.4) is 0 Å². The Bertz CT molecular complexity index is 959. The highest BCUT2D eigenvalue weighted by Crippen LogP contribution is 2.20. The van der Waals surface area contributed by atoms with Crippen molar-refractivity contribution < 1.29 is 9.59 Å². The zero-order valence-corrected chi connectivity index (χ0v) is 14.9. The number of pyridine rings is 1. The van der Waals surface area contributed by atoms with E-state index >= 15 is 0 Å². The molecule has 7 heteroatoms. The average Bonchev–Trinajstić information content (AvgIpc) is 2.64. The first kappa shape index (κ1) is 17.9. The highest BCUT2D eigenvalue weighted by atomic mass is 35.5. The molecule has 0 radical (unpaired) electrons. The molecule has 0 atom stereocenters. The van der Waals surface area contributed by atoms with E-state index in [4.69, 9.17) is 23.2 Å². The van der Waals surface area contributed by atoms with Gasteiger partial charge in [0.25, 0.3) is 11.8 Å². The third-order valence-electron chi connectivity index (χ3n) is 3.51. The molecular formula is C19H13Cl2N3O2. The van der Waals surface area contributed by atoms with E-state index in [0.717, 1.165) is 0 Å². The molecule has 1 aromatic heterocycles. The molecule has 130 valence electrons. The van der Waals surface area contributed by atoms with Crippen molar-refractivity contribution in [2.75, 3.05) is 10.6 Å². The van der Waals surface area contributed by atoms with Gasteiger partial charge >= 0.3 is 0 Å². The Kier molecular flexibility index (Phi) is 5.51. The Hall–Kier alpha value is -2.89. The van der Waals surface area contributed by atoms with Gasteiger partial charge in [0, 0.05) is 22.5 Å². The summed E-state index contributed by atoms with van der Waals surface area (Å²) < 4.78 is 0. The lowest BCUT2D eigenvalue weighted by Gasteiger charge is -2.11. The zero-order valence-electron chi connectivity index (χ0n) is 13.4. The van der Waals surface area contributed by atoms with Crippen LogP contribution in [0.1, 0.15) is 20.7 Å². The Morgan fingerprint density at radius 3 is 2.31 bits per heavy atom. The quantitative estimate of drug-likeness (QED) is 0.627. The van der Waals surface area contributed by atoms with Crippen LogP contribution < -0.4 is 10.6 Å². The standard InChI is InChI=1S/C19H13Cl2N3O2/c20-13-5-7-14(8-6-13)23-19(26)15-3-1-2-4-16(15)24-18(25)12-9-10-22-17(21)11-12/h1-11H,(H,23,26)(H,24,25). The summed E-state index contributed by atoms with van der Waals surface area (Å²) >= 11 is 11.7. The first-order valence-electron chi connectivity index (χ1n) is 7.62. The predicted molar refractivity (Wildman–Crippen MR) is 103 cm³/mol. The van der Waals surface area contributed by atoms with Crippen LogP contribution in [-0.2, 0) is 0 Å². The number of nitrogens with zero attached hydrogens (tertiary/aromatic N) is 1. The summed E-state index contributed by atoms with van der Waals surface area (Å²) in [5.41, 5.74) is 1.66. The number of carbonyl (C=O) groups excluding carboxylic acids is 2. The maximum Gasteiger partial charge on any atom is 0.257 e. The fourth-order valence-electron chi connectivity index (χ4n) is 2.26. The molecular weight excluding hydrogens is 373 g/mol. The van der Waals surface area contributed by atoms with Crippen LogP contribution in [0.15, 0.2) is 66.9 Å². The van der Waals surface area contributed by atoms with Crippen molar-refractivity contribution in [3.05, 3.63) is 88.2 Å². The lowest BCUT2D eigenvalue weighted by atomic mass is 10.1. The van der Waals surface area contributed by atoms with Crippen LogP contribution in [-0.4, -0.2) is 16.8 Å². The summed E-state index contributed by atoms with van der Waals surface area (Å²) in [5, 5.41) is 6.28. The van der Waals surface area contributed by atoms with Gasteiger partial charge in [-0.1, -0.05) is 35.3 Å². The van der Waals surface area contributed by atoms with E-state index in [1.807, 2.05) is 0 Å². The van der Waals surface area contributed by atoms with Crippen molar-refractivity contribution in [2.45, 2.75) is 0 Å². The third-order valence-corrected chi connectivity index (χ3v) is 3.97. The Labute approximate surface area is 160 Å². The number of para-hydroxylation sites is 1. The fraction of sp³-hybridized carbons (Fsp3) is 0. The number of rotatable bonds is 4. The Morgan fingerprint density at radius 1 is 0.846 bits per heavy atom. The molecule has 2 amide bonds. The van der Waals surface area contributed by atoms with E-state index in [1.54, 1.807) is 48.5 Å².